The number of hydrogen-bond acceptors (Lipinski definition) is 3. The fraction of sp³-hybridized carbons (Fsp3) is 0.500. The molecule has 1 aliphatic rings. The molecule has 1 amide bonds. The van der Waals surface area contributed by atoms with Crippen molar-refractivity contribution in [3.8, 4) is 5.75 Å². The van der Waals surface area contributed by atoms with Crippen LogP contribution in [0.1, 0.15) is 23.2 Å². The summed E-state index contributed by atoms with van der Waals surface area (Å²) in [7, 11) is 1.61. The van der Waals surface area contributed by atoms with Crippen LogP contribution in [0.15, 0.2) is 24.3 Å². The topological polar surface area (TPSA) is 55.6 Å². The minimum Gasteiger partial charge on any atom is -0.497 e. The Morgan fingerprint density at radius 3 is 2.78 bits per heavy atom. The fourth-order valence-electron chi connectivity index (χ4n) is 2.31. The van der Waals surface area contributed by atoms with Gasteiger partial charge in [0, 0.05) is 18.7 Å². The lowest BCUT2D eigenvalue weighted by Gasteiger charge is -2.31. The number of hydrogen-bond donors (Lipinski definition) is 1. The van der Waals surface area contributed by atoms with Gasteiger partial charge < -0.3 is 15.4 Å². The molecule has 1 saturated heterocycles. The van der Waals surface area contributed by atoms with Gasteiger partial charge in [-0.1, -0.05) is 6.07 Å². The number of methoxy groups -OCH3 is 1. The normalized spacial score (nSPS) is 16.7. The first-order chi connectivity index (χ1) is 8.74. The van der Waals surface area contributed by atoms with E-state index in [1.165, 1.54) is 0 Å². The van der Waals surface area contributed by atoms with Gasteiger partial charge in [-0.15, -0.1) is 0 Å². The number of nitrogens with zero attached hydrogens (tertiary/aromatic N) is 1. The van der Waals surface area contributed by atoms with Gasteiger partial charge in [0.1, 0.15) is 5.75 Å². The number of nitrogens with two attached hydrogens (primary N) is 1. The standard InChI is InChI=1S/C14H20N2O2/c1-18-13-4-2-3-12(9-13)14(17)16-7-5-11(10-15)6-8-16/h2-4,9,11H,5-8,10,15H2,1H3. The third-order valence-corrected chi connectivity index (χ3v) is 3.55. The molecule has 1 aromatic rings. The molecule has 1 fully saturated rings. The van der Waals surface area contributed by atoms with E-state index in [9.17, 15) is 4.79 Å². The summed E-state index contributed by atoms with van der Waals surface area (Å²) in [5.41, 5.74) is 6.35. The van der Waals surface area contributed by atoms with Crippen LogP contribution in [0.4, 0.5) is 0 Å². The van der Waals surface area contributed by atoms with Crippen LogP contribution in [0, 0.1) is 5.92 Å². The van der Waals surface area contributed by atoms with Crippen molar-refractivity contribution < 1.29 is 9.53 Å². The highest BCUT2D eigenvalue weighted by atomic mass is 16.5. The number of carbonyl (C=O) groups is 1. The fourth-order valence-corrected chi connectivity index (χ4v) is 2.31. The van der Waals surface area contributed by atoms with E-state index in [1.807, 2.05) is 23.1 Å². The Morgan fingerprint density at radius 1 is 1.44 bits per heavy atom. The van der Waals surface area contributed by atoms with E-state index in [4.69, 9.17) is 10.5 Å². The first-order valence-corrected chi connectivity index (χ1v) is 6.38. The largest absolute Gasteiger partial charge is 0.497 e. The maximum absolute atomic E-state index is 12.3. The lowest BCUT2D eigenvalue weighted by molar-refractivity contribution is 0.0693. The molecule has 18 heavy (non-hydrogen) atoms. The van der Waals surface area contributed by atoms with Gasteiger partial charge >= 0.3 is 0 Å². The number of likely N-dealkylation sites (tertiary alicyclic amines) is 1. The molecule has 1 heterocycles. The molecule has 1 aliphatic heterocycles. The monoisotopic (exact) mass is 248 g/mol. The molecule has 0 saturated carbocycles. The van der Waals surface area contributed by atoms with Crippen LogP contribution in [-0.2, 0) is 0 Å². The van der Waals surface area contributed by atoms with E-state index in [2.05, 4.69) is 0 Å². The molecule has 0 unspecified atom stereocenters. The molecule has 0 spiro atoms. The molecule has 2 N–H and O–H groups in total. The minimum atomic E-state index is 0.0874. The number of ether oxygens (including phenoxy) is 1. The summed E-state index contributed by atoms with van der Waals surface area (Å²) in [6, 6.07) is 7.31. The van der Waals surface area contributed by atoms with Crippen LogP contribution >= 0.6 is 0 Å². The van der Waals surface area contributed by atoms with Crippen molar-refractivity contribution in [3.63, 3.8) is 0 Å². The molecular weight excluding hydrogens is 228 g/mol. The smallest absolute Gasteiger partial charge is 0.253 e. The molecule has 0 aliphatic carbocycles. The maximum Gasteiger partial charge on any atom is 0.253 e. The van der Waals surface area contributed by atoms with E-state index in [-0.39, 0.29) is 5.91 Å². The first kappa shape index (κ1) is 12.9. The van der Waals surface area contributed by atoms with E-state index in [0.717, 1.165) is 38.2 Å². The highest BCUT2D eigenvalue weighted by Gasteiger charge is 2.22. The second kappa shape index (κ2) is 5.87. The summed E-state index contributed by atoms with van der Waals surface area (Å²) in [6.07, 6.45) is 2.01. The number of amides is 1. The lowest BCUT2D eigenvalue weighted by Crippen LogP contribution is -2.40. The van der Waals surface area contributed by atoms with Crippen LogP contribution in [0.3, 0.4) is 0 Å². The third-order valence-electron chi connectivity index (χ3n) is 3.55. The molecule has 1 aromatic carbocycles. The van der Waals surface area contributed by atoms with Crippen molar-refractivity contribution in [2.24, 2.45) is 11.7 Å². The average molecular weight is 248 g/mol. The summed E-state index contributed by atoms with van der Waals surface area (Å²) in [4.78, 5) is 14.2. The molecular formula is C14H20N2O2. The zero-order valence-corrected chi connectivity index (χ0v) is 10.8. The molecule has 98 valence electrons. The SMILES string of the molecule is COc1cccc(C(=O)N2CCC(CN)CC2)c1. The van der Waals surface area contributed by atoms with Gasteiger partial charge in [0.05, 0.1) is 7.11 Å². The van der Waals surface area contributed by atoms with Crippen LogP contribution < -0.4 is 10.5 Å². The Bertz CT molecular complexity index is 412. The average Bonchev–Trinajstić information content (AvgIpc) is 2.46. The second-order valence-electron chi connectivity index (χ2n) is 4.70. The Kier molecular flexibility index (Phi) is 4.20. The quantitative estimate of drug-likeness (QED) is 0.882. The zero-order valence-electron chi connectivity index (χ0n) is 10.8. The first-order valence-electron chi connectivity index (χ1n) is 6.38. The highest BCUT2D eigenvalue weighted by molar-refractivity contribution is 5.94. The van der Waals surface area contributed by atoms with Gasteiger partial charge in [0.15, 0.2) is 0 Å². The van der Waals surface area contributed by atoms with Crippen LogP contribution in [-0.4, -0.2) is 37.6 Å². The number of carbonyl (C=O) groups excluding carboxylic acids is 1. The molecule has 4 heteroatoms. The van der Waals surface area contributed by atoms with Gasteiger partial charge in [0.25, 0.3) is 5.91 Å². The summed E-state index contributed by atoms with van der Waals surface area (Å²) in [5, 5.41) is 0. The van der Waals surface area contributed by atoms with Crippen LogP contribution in [0.5, 0.6) is 5.75 Å². The van der Waals surface area contributed by atoms with E-state index in [0.29, 0.717) is 11.5 Å². The predicted molar refractivity (Wildman–Crippen MR) is 70.7 cm³/mol. The van der Waals surface area contributed by atoms with Gasteiger partial charge in [-0.3, -0.25) is 4.79 Å². The summed E-state index contributed by atoms with van der Waals surface area (Å²) < 4.78 is 5.14. The van der Waals surface area contributed by atoms with Gasteiger partial charge in [-0.25, -0.2) is 0 Å². The van der Waals surface area contributed by atoms with Crippen molar-refractivity contribution in [1.29, 1.82) is 0 Å². The number of benzene rings is 1. The minimum absolute atomic E-state index is 0.0874. The summed E-state index contributed by atoms with van der Waals surface area (Å²) >= 11 is 0. The van der Waals surface area contributed by atoms with Crippen molar-refractivity contribution in [1.82, 2.24) is 4.90 Å². The van der Waals surface area contributed by atoms with Crippen molar-refractivity contribution >= 4 is 5.91 Å². The zero-order chi connectivity index (χ0) is 13.0. The van der Waals surface area contributed by atoms with Crippen molar-refractivity contribution in [3.05, 3.63) is 29.8 Å². The third kappa shape index (κ3) is 2.82. The molecule has 0 bridgehead atoms. The lowest BCUT2D eigenvalue weighted by atomic mass is 9.96. The van der Waals surface area contributed by atoms with Crippen molar-refractivity contribution in [2.45, 2.75) is 12.8 Å². The maximum atomic E-state index is 12.3. The highest BCUT2D eigenvalue weighted by Crippen LogP contribution is 2.19. The van der Waals surface area contributed by atoms with E-state index in [1.54, 1.807) is 13.2 Å². The predicted octanol–water partition coefficient (Wildman–Crippen LogP) is 1.51. The van der Waals surface area contributed by atoms with E-state index >= 15 is 0 Å². The van der Waals surface area contributed by atoms with E-state index < -0.39 is 0 Å². The van der Waals surface area contributed by atoms with Crippen LogP contribution in [0.25, 0.3) is 0 Å². The molecule has 2 rings (SSSR count). The molecule has 4 nitrogen and oxygen atoms in total. The van der Waals surface area contributed by atoms with Gasteiger partial charge in [-0.05, 0) is 43.5 Å². The molecule has 0 aromatic heterocycles. The van der Waals surface area contributed by atoms with Crippen molar-refractivity contribution in [2.75, 3.05) is 26.7 Å². The number of rotatable bonds is 3. The van der Waals surface area contributed by atoms with Crippen LogP contribution in [0.2, 0.25) is 0 Å². The Hall–Kier alpha value is -1.55. The Labute approximate surface area is 108 Å². The Morgan fingerprint density at radius 2 is 2.17 bits per heavy atom. The second-order valence-corrected chi connectivity index (χ2v) is 4.70. The van der Waals surface area contributed by atoms with Gasteiger partial charge in [0.2, 0.25) is 0 Å². The summed E-state index contributed by atoms with van der Waals surface area (Å²) in [5.74, 6) is 1.38. The van der Waals surface area contributed by atoms with Gasteiger partial charge in [-0.2, -0.15) is 0 Å². The summed E-state index contributed by atoms with van der Waals surface area (Å²) in [6.45, 7) is 2.33. The molecule has 0 atom stereocenters. The molecule has 0 radical (unpaired) electrons. The number of piperidine rings is 1. The Balaban J connectivity index is 2.03.